The lowest BCUT2D eigenvalue weighted by atomic mass is 10.1. The van der Waals surface area contributed by atoms with Gasteiger partial charge in [-0.15, -0.1) is 0 Å². The molecule has 0 bridgehead atoms. The average Bonchev–Trinajstić information content (AvgIpc) is 2.86. The Balaban J connectivity index is 1.85. The predicted molar refractivity (Wildman–Crippen MR) is 81.6 cm³/mol. The zero-order chi connectivity index (χ0) is 17.1. The molecule has 2 saturated heterocycles. The number of H-pyrrole nitrogens is 1. The number of hydrogen-bond acceptors (Lipinski definition) is 7. The summed E-state index contributed by atoms with van der Waals surface area (Å²) in [7, 11) is 1.50. The molecule has 2 fully saturated rings. The van der Waals surface area contributed by atoms with Crippen LogP contribution in [0.15, 0.2) is 21.9 Å². The molecule has 3 heterocycles. The molecule has 9 nitrogen and oxygen atoms in total. The zero-order valence-electron chi connectivity index (χ0n) is 13.4. The van der Waals surface area contributed by atoms with Crippen LogP contribution in [0.3, 0.4) is 0 Å². The van der Waals surface area contributed by atoms with Crippen molar-refractivity contribution >= 4 is 0 Å². The fourth-order valence-corrected chi connectivity index (χ4v) is 3.01. The predicted octanol–water partition coefficient (Wildman–Crippen LogP) is -0.647. The van der Waals surface area contributed by atoms with E-state index in [4.69, 9.17) is 18.9 Å². The molecule has 2 aliphatic rings. The molecular formula is C15H22N2O7. The van der Waals surface area contributed by atoms with E-state index in [1.165, 1.54) is 23.9 Å². The molecule has 1 aromatic heterocycles. The third kappa shape index (κ3) is 3.60. The highest BCUT2D eigenvalue weighted by molar-refractivity contribution is 4.94. The largest absolute Gasteiger partial charge is 0.387 e. The Kier molecular flexibility index (Phi) is 5.47. The van der Waals surface area contributed by atoms with Gasteiger partial charge in [0.05, 0.1) is 6.61 Å². The van der Waals surface area contributed by atoms with Crippen LogP contribution >= 0.6 is 0 Å². The van der Waals surface area contributed by atoms with Crippen LogP contribution in [0.2, 0.25) is 0 Å². The molecule has 0 aromatic carbocycles. The van der Waals surface area contributed by atoms with E-state index in [0.717, 1.165) is 12.8 Å². The fourth-order valence-electron chi connectivity index (χ4n) is 3.01. The first-order chi connectivity index (χ1) is 11.6. The molecule has 0 aliphatic carbocycles. The van der Waals surface area contributed by atoms with E-state index in [1.807, 2.05) is 0 Å². The van der Waals surface area contributed by atoms with Gasteiger partial charge in [0.25, 0.3) is 5.56 Å². The average molecular weight is 342 g/mol. The van der Waals surface area contributed by atoms with Crippen molar-refractivity contribution in [2.45, 2.75) is 50.1 Å². The van der Waals surface area contributed by atoms with E-state index >= 15 is 0 Å². The van der Waals surface area contributed by atoms with E-state index in [9.17, 15) is 14.7 Å². The summed E-state index contributed by atoms with van der Waals surface area (Å²) in [6.45, 7) is 0.750. The molecule has 0 saturated carbocycles. The van der Waals surface area contributed by atoms with Gasteiger partial charge < -0.3 is 24.1 Å². The third-order valence-corrected chi connectivity index (χ3v) is 4.22. The second kappa shape index (κ2) is 7.58. The Morgan fingerprint density at radius 1 is 1.42 bits per heavy atom. The topological polar surface area (TPSA) is 112 Å². The summed E-state index contributed by atoms with van der Waals surface area (Å²) in [5.74, 6) is 0. The van der Waals surface area contributed by atoms with Gasteiger partial charge in [-0.1, -0.05) is 0 Å². The van der Waals surface area contributed by atoms with Crippen molar-refractivity contribution in [3.63, 3.8) is 0 Å². The molecule has 2 aliphatic heterocycles. The summed E-state index contributed by atoms with van der Waals surface area (Å²) in [5, 5.41) is 10.5. The van der Waals surface area contributed by atoms with E-state index in [0.29, 0.717) is 13.0 Å². The van der Waals surface area contributed by atoms with Gasteiger partial charge in [-0.3, -0.25) is 14.3 Å². The lowest BCUT2D eigenvalue weighted by Gasteiger charge is -2.29. The summed E-state index contributed by atoms with van der Waals surface area (Å²) in [4.78, 5) is 25.5. The highest BCUT2D eigenvalue weighted by atomic mass is 16.7. The first-order valence-electron chi connectivity index (χ1n) is 8.01. The van der Waals surface area contributed by atoms with Crippen molar-refractivity contribution in [2.75, 3.05) is 20.3 Å². The minimum absolute atomic E-state index is 0.154. The minimum Gasteiger partial charge on any atom is -0.387 e. The number of aromatic amines is 1. The third-order valence-electron chi connectivity index (χ3n) is 4.22. The number of aliphatic hydroxyl groups excluding tert-OH is 1. The smallest absolute Gasteiger partial charge is 0.330 e. The second-order valence-corrected chi connectivity index (χ2v) is 5.93. The molecule has 0 radical (unpaired) electrons. The van der Waals surface area contributed by atoms with Gasteiger partial charge in [0.2, 0.25) is 0 Å². The summed E-state index contributed by atoms with van der Waals surface area (Å²) < 4.78 is 23.5. The van der Waals surface area contributed by atoms with Crippen molar-refractivity contribution in [2.24, 2.45) is 0 Å². The summed E-state index contributed by atoms with van der Waals surface area (Å²) in [6, 6.07) is 1.22. The van der Waals surface area contributed by atoms with Gasteiger partial charge in [0.15, 0.2) is 12.5 Å². The molecule has 0 spiro atoms. The SMILES string of the molecule is COC[C@H]1O[C@@H](n2ccc(=O)[nH]c2=O)[C@H](OC2CCCCO2)[C@@H]1O. The molecule has 9 heteroatoms. The van der Waals surface area contributed by atoms with E-state index in [2.05, 4.69) is 4.98 Å². The Morgan fingerprint density at radius 2 is 2.25 bits per heavy atom. The molecule has 24 heavy (non-hydrogen) atoms. The van der Waals surface area contributed by atoms with Crippen molar-refractivity contribution < 1.29 is 24.1 Å². The maximum absolute atomic E-state index is 12.1. The Bertz CT molecular complexity index is 652. The number of aliphatic hydroxyl groups is 1. The molecule has 1 aromatic rings. The maximum Gasteiger partial charge on any atom is 0.330 e. The number of methoxy groups -OCH3 is 1. The van der Waals surface area contributed by atoms with Crippen molar-refractivity contribution in [3.05, 3.63) is 33.1 Å². The quantitative estimate of drug-likeness (QED) is 0.731. The first-order valence-corrected chi connectivity index (χ1v) is 8.01. The van der Waals surface area contributed by atoms with Crippen LogP contribution in [-0.4, -0.2) is 59.6 Å². The minimum atomic E-state index is -0.987. The summed E-state index contributed by atoms with van der Waals surface area (Å²) >= 11 is 0. The van der Waals surface area contributed by atoms with Gasteiger partial charge in [-0.25, -0.2) is 4.79 Å². The van der Waals surface area contributed by atoms with E-state index in [-0.39, 0.29) is 6.61 Å². The molecule has 3 rings (SSSR count). The van der Waals surface area contributed by atoms with Gasteiger partial charge >= 0.3 is 5.69 Å². The number of hydrogen-bond donors (Lipinski definition) is 2. The van der Waals surface area contributed by atoms with Crippen molar-refractivity contribution in [3.8, 4) is 0 Å². The number of nitrogens with zero attached hydrogens (tertiary/aromatic N) is 1. The highest BCUT2D eigenvalue weighted by Crippen LogP contribution is 2.33. The summed E-state index contributed by atoms with van der Waals surface area (Å²) in [5.41, 5.74) is -1.13. The van der Waals surface area contributed by atoms with Crippen LogP contribution in [0.5, 0.6) is 0 Å². The maximum atomic E-state index is 12.1. The van der Waals surface area contributed by atoms with Crippen molar-refractivity contribution in [1.29, 1.82) is 0 Å². The van der Waals surface area contributed by atoms with Crippen LogP contribution in [-0.2, 0) is 18.9 Å². The zero-order valence-corrected chi connectivity index (χ0v) is 13.4. The van der Waals surface area contributed by atoms with Gasteiger partial charge in [-0.05, 0) is 19.3 Å². The first kappa shape index (κ1) is 17.3. The number of aromatic nitrogens is 2. The standard InChI is InChI=1S/C15H22N2O7/c1-21-8-9-12(19)13(24-11-4-2-3-7-22-11)14(23-9)17-6-5-10(18)16-15(17)20/h5-6,9,11-14,19H,2-4,7-8H2,1H3,(H,16,18,20)/t9-,11?,12-,13-,14-/m1/s1. The lowest BCUT2D eigenvalue weighted by Crippen LogP contribution is -2.42. The molecule has 134 valence electrons. The monoisotopic (exact) mass is 342 g/mol. The Morgan fingerprint density at radius 3 is 2.92 bits per heavy atom. The van der Waals surface area contributed by atoms with E-state index in [1.54, 1.807) is 0 Å². The Labute approximate surface area is 138 Å². The second-order valence-electron chi connectivity index (χ2n) is 5.93. The van der Waals surface area contributed by atoms with Crippen molar-refractivity contribution in [1.82, 2.24) is 9.55 Å². The molecule has 1 unspecified atom stereocenters. The van der Waals surface area contributed by atoms with Crippen LogP contribution in [0, 0.1) is 0 Å². The Hall–Kier alpha value is -1.52. The van der Waals surface area contributed by atoms with Crippen LogP contribution in [0.25, 0.3) is 0 Å². The van der Waals surface area contributed by atoms with Crippen LogP contribution in [0.1, 0.15) is 25.5 Å². The van der Waals surface area contributed by atoms with Crippen LogP contribution < -0.4 is 11.2 Å². The molecule has 2 N–H and O–H groups in total. The molecule has 5 atom stereocenters. The summed E-state index contributed by atoms with van der Waals surface area (Å²) in [6.07, 6.45) is 0.206. The number of nitrogens with one attached hydrogen (secondary N) is 1. The number of ether oxygens (including phenoxy) is 4. The highest BCUT2D eigenvalue weighted by Gasteiger charge is 2.47. The van der Waals surface area contributed by atoms with Crippen LogP contribution in [0.4, 0.5) is 0 Å². The van der Waals surface area contributed by atoms with Gasteiger partial charge in [0.1, 0.15) is 18.3 Å². The van der Waals surface area contributed by atoms with Gasteiger partial charge in [0, 0.05) is 26.0 Å². The fraction of sp³-hybridized carbons (Fsp3) is 0.733. The molecular weight excluding hydrogens is 320 g/mol. The lowest BCUT2D eigenvalue weighted by molar-refractivity contribution is -0.215. The van der Waals surface area contributed by atoms with E-state index < -0.39 is 42.1 Å². The number of rotatable bonds is 5. The van der Waals surface area contributed by atoms with Gasteiger partial charge in [-0.2, -0.15) is 0 Å². The molecule has 0 amide bonds. The normalized spacial score (nSPS) is 33.7.